The number of nitrogens with one attached hydrogen (secondary N) is 1. The highest BCUT2D eigenvalue weighted by molar-refractivity contribution is 6.35. The molecule has 0 heterocycles. The van der Waals surface area contributed by atoms with Crippen molar-refractivity contribution in [2.45, 2.75) is 13.3 Å². The number of carbonyl (C=O) groups excluding carboxylic acids is 1. The van der Waals surface area contributed by atoms with Crippen LogP contribution >= 0.6 is 23.2 Å². The van der Waals surface area contributed by atoms with Gasteiger partial charge in [0.2, 0.25) is 0 Å². The van der Waals surface area contributed by atoms with Crippen LogP contribution in [0.1, 0.15) is 22.8 Å². The number of benzene rings is 2. The highest BCUT2D eigenvalue weighted by atomic mass is 35.5. The van der Waals surface area contributed by atoms with E-state index < -0.39 is 0 Å². The lowest BCUT2D eigenvalue weighted by molar-refractivity contribution is 0.0954. The van der Waals surface area contributed by atoms with Crippen molar-refractivity contribution in [3.8, 4) is 5.75 Å². The third-order valence-corrected chi connectivity index (χ3v) is 3.71. The maximum atomic E-state index is 12.0. The maximum absolute atomic E-state index is 12.0. The Bertz CT molecular complexity index is 642. The van der Waals surface area contributed by atoms with E-state index in [-0.39, 0.29) is 5.91 Å². The van der Waals surface area contributed by atoms with Crippen LogP contribution < -0.4 is 10.1 Å². The molecule has 22 heavy (non-hydrogen) atoms. The van der Waals surface area contributed by atoms with Crippen molar-refractivity contribution in [2.75, 3.05) is 13.2 Å². The number of ether oxygens (including phenoxy) is 1. The van der Waals surface area contributed by atoms with Crippen LogP contribution in [-0.4, -0.2) is 19.1 Å². The van der Waals surface area contributed by atoms with Gasteiger partial charge in [-0.2, -0.15) is 0 Å². The van der Waals surface area contributed by atoms with E-state index in [0.29, 0.717) is 35.2 Å². The number of hydrogen-bond donors (Lipinski definition) is 1. The summed E-state index contributed by atoms with van der Waals surface area (Å²) in [5.74, 6) is 0.639. The quantitative estimate of drug-likeness (QED) is 0.850. The smallest absolute Gasteiger partial charge is 0.251 e. The van der Waals surface area contributed by atoms with Gasteiger partial charge in [-0.15, -0.1) is 0 Å². The lowest BCUT2D eigenvalue weighted by atomic mass is 10.1. The first kappa shape index (κ1) is 16.7. The van der Waals surface area contributed by atoms with Crippen molar-refractivity contribution in [3.05, 3.63) is 63.6 Å². The summed E-state index contributed by atoms with van der Waals surface area (Å²) in [6.07, 6.45) is 0.652. The third kappa shape index (κ3) is 4.65. The second kappa shape index (κ2) is 8.06. The molecule has 0 saturated carbocycles. The Hall–Kier alpha value is -1.71. The van der Waals surface area contributed by atoms with Crippen molar-refractivity contribution in [1.82, 2.24) is 5.32 Å². The van der Waals surface area contributed by atoms with Crippen molar-refractivity contribution in [2.24, 2.45) is 0 Å². The summed E-state index contributed by atoms with van der Waals surface area (Å²) < 4.78 is 5.35. The number of hydrogen-bond acceptors (Lipinski definition) is 2. The fourth-order valence-electron chi connectivity index (χ4n) is 2.01. The SMILES string of the molecule is CCOc1ccc(C(=O)NCCc2ccc(Cl)cc2Cl)cc1. The Balaban J connectivity index is 1.87. The maximum Gasteiger partial charge on any atom is 0.251 e. The molecule has 0 aliphatic carbocycles. The molecule has 0 aliphatic rings. The first-order valence-corrected chi connectivity index (χ1v) is 7.80. The van der Waals surface area contributed by atoms with Crippen LogP contribution in [0.3, 0.4) is 0 Å². The molecule has 0 fully saturated rings. The number of carbonyl (C=O) groups is 1. The van der Waals surface area contributed by atoms with E-state index in [0.717, 1.165) is 11.3 Å². The number of amides is 1. The molecule has 1 amide bonds. The van der Waals surface area contributed by atoms with Crippen molar-refractivity contribution < 1.29 is 9.53 Å². The molecule has 0 atom stereocenters. The standard InChI is InChI=1S/C17H17Cl2NO2/c1-2-22-15-7-4-13(5-8-15)17(21)20-10-9-12-3-6-14(18)11-16(12)19/h3-8,11H,2,9-10H2,1H3,(H,20,21). The lowest BCUT2D eigenvalue weighted by Gasteiger charge is -2.08. The molecule has 116 valence electrons. The molecule has 2 aromatic carbocycles. The van der Waals surface area contributed by atoms with Gasteiger partial charge in [-0.3, -0.25) is 4.79 Å². The second-order valence-corrected chi connectivity index (χ2v) is 5.54. The molecular weight excluding hydrogens is 321 g/mol. The summed E-state index contributed by atoms with van der Waals surface area (Å²) in [6, 6.07) is 12.4. The van der Waals surface area contributed by atoms with E-state index in [2.05, 4.69) is 5.32 Å². The number of rotatable bonds is 6. The first-order chi connectivity index (χ1) is 10.6. The van der Waals surface area contributed by atoms with Gasteiger partial charge in [0.25, 0.3) is 5.91 Å². The topological polar surface area (TPSA) is 38.3 Å². The molecule has 1 N–H and O–H groups in total. The summed E-state index contributed by atoms with van der Waals surface area (Å²) in [7, 11) is 0. The monoisotopic (exact) mass is 337 g/mol. The summed E-state index contributed by atoms with van der Waals surface area (Å²) in [5, 5.41) is 4.09. The fourth-order valence-corrected chi connectivity index (χ4v) is 2.51. The van der Waals surface area contributed by atoms with Gasteiger partial charge in [-0.25, -0.2) is 0 Å². The Morgan fingerprint density at radius 2 is 1.86 bits per heavy atom. The summed E-state index contributed by atoms with van der Waals surface area (Å²) in [6.45, 7) is 3.03. The highest BCUT2D eigenvalue weighted by Gasteiger charge is 2.06. The summed E-state index contributed by atoms with van der Waals surface area (Å²) >= 11 is 12.0. The van der Waals surface area contributed by atoms with E-state index in [1.807, 2.05) is 13.0 Å². The van der Waals surface area contributed by atoms with Crippen LogP contribution in [0.25, 0.3) is 0 Å². The van der Waals surface area contributed by atoms with Crippen LogP contribution in [0, 0.1) is 0 Å². The average molecular weight is 338 g/mol. The molecule has 0 aliphatic heterocycles. The van der Waals surface area contributed by atoms with Crippen molar-refractivity contribution >= 4 is 29.1 Å². The Morgan fingerprint density at radius 3 is 2.50 bits per heavy atom. The average Bonchev–Trinajstić information content (AvgIpc) is 2.50. The van der Waals surface area contributed by atoms with Crippen LogP contribution in [0.5, 0.6) is 5.75 Å². The molecule has 0 radical (unpaired) electrons. The molecule has 0 unspecified atom stereocenters. The molecular formula is C17H17Cl2NO2. The molecule has 0 spiro atoms. The molecule has 0 saturated heterocycles. The van der Waals surface area contributed by atoms with Gasteiger partial charge in [0.15, 0.2) is 0 Å². The normalized spacial score (nSPS) is 10.3. The minimum atomic E-state index is -0.117. The van der Waals surface area contributed by atoms with Crippen molar-refractivity contribution in [3.63, 3.8) is 0 Å². The van der Waals surface area contributed by atoms with E-state index >= 15 is 0 Å². The minimum Gasteiger partial charge on any atom is -0.494 e. The van der Waals surface area contributed by atoms with Crippen molar-refractivity contribution in [1.29, 1.82) is 0 Å². The van der Waals surface area contributed by atoms with Gasteiger partial charge in [-0.1, -0.05) is 29.3 Å². The van der Waals surface area contributed by atoms with Gasteiger partial charge >= 0.3 is 0 Å². The summed E-state index contributed by atoms with van der Waals surface area (Å²) in [4.78, 5) is 12.0. The van der Waals surface area contributed by atoms with E-state index in [1.165, 1.54) is 0 Å². The van der Waals surface area contributed by atoms with Crippen LogP contribution in [0.4, 0.5) is 0 Å². The van der Waals surface area contributed by atoms with Crippen LogP contribution in [-0.2, 0) is 6.42 Å². The van der Waals surface area contributed by atoms with Gasteiger partial charge in [0.1, 0.15) is 5.75 Å². The van der Waals surface area contributed by atoms with Gasteiger partial charge in [0.05, 0.1) is 6.61 Å². The van der Waals surface area contributed by atoms with E-state index in [9.17, 15) is 4.79 Å². The Labute approximate surface area is 140 Å². The predicted molar refractivity (Wildman–Crippen MR) is 90.1 cm³/mol. The zero-order chi connectivity index (χ0) is 15.9. The molecule has 0 aromatic heterocycles. The van der Waals surface area contributed by atoms with Gasteiger partial charge in [-0.05, 0) is 55.3 Å². The molecule has 2 rings (SSSR count). The lowest BCUT2D eigenvalue weighted by Crippen LogP contribution is -2.25. The molecule has 3 nitrogen and oxygen atoms in total. The van der Waals surface area contributed by atoms with E-state index in [4.69, 9.17) is 27.9 Å². The Kier molecular flexibility index (Phi) is 6.10. The Morgan fingerprint density at radius 1 is 1.14 bits per heavy atom. The van der Waals surface area contributed by atoms with E-state index in [1.54, 1.807) is 36.4 Å². The number of halogens is 2. The summed E-state index contributed by atoms with van der Waals surface area (Å²) in [5.41, 5.74) is 1.56. The molecule has 2 aromatic rings. The van der Waals surface area contributed by atoms with Gasteiger partial charge in [0, 0.05) is 22.2 Å². The first-order valence-electron chi connectivity index (χ1n) is 7.05. The van der Waals surface area contributed by atoms with Gasteiger partial charge < -0.3 is 10.1 Å². The zero-order valence-corrected chi connectivity index (χ0v) is 13.7. The van der Waals surface area contributed by atoms with Crippen LogP contribution in [0.15, 0.2) is 42.5 Å². The largest absolute Gasteiger partial charge is 0.494 e. The fraction of sp³-hybridized carbons (Fsp3) is 0.235. The van der Waals surface area contributed by atoms with Crippen LogP contribution in [0.2, 0.25) is 10.0 Å². The zero-order valence-electron chi connectivity index (χ0n) is 12.2. The third-order valence-electron chi connectivity index (χ3n) is 3.12. The molecule has 5 heteroatoms. The minimum absolute atomic E-state index is 0.117. The predicted octanol–water partition coefficient (Wildman–Crippen LogP) is 4.36. The highest BCUT2D eigenvalue weighted by Crippen LogP contribution is 2.21. The molecule has 0 bridgehead atoms. The second-order valence-electron chi connectivity index (χ2n) is 4.70.